The summed E-state index contributed by atoms with van der Waals surface area (Å²) in [5.41, 5.74) is 6.59. The van der Waals surface area contributed by atoms with Gasteiger partial charge in [-0.15, -0.1) is 0 Å². The summed E-state index contributed by atoms with van der Waals surface area (Å²) in [6.07, 6.45) is 0. The third-order valence-electron chi connectivity index (χ3n) is 2.31. The summed E-state index contributed by atoms with van der Waals surface area (Å²) < 4.78 is 0. The van der Waals surface area contributed by atoms with Crippen molar-refractivity contribution in [3.8, 4) is 18.2 Å². The number of hydrogen-bond donors (Lipinski definition) is 2. The highest BCUT2D eigenvalue weighted by molar-refractivity contribution is 6.33. The monoisotopic (exact) mass is 315 g/mol. The average molecular weight is 316 g/mol. The minimum Gasteiger partial charge on any atom is -0.395 e. The molecule has 0 heterocycles. The number of hydrazone groups is 1. The molecule has 9 nitrogen and oxygen atoms in total. The minimum atomic E-state index is -0.619. The first-order chi connectivity index (χ1) is 10.4. The van der Waals surface area contributed by atoms with Crippen molar-refractivity contribution in [3.63, 3.8) is 0 Å². The van der Waals surface area contributed by atoms with E-state index < -0.39 is 21.9 Å². The largest absolute Gasteiger partial charge is 0.395 e. The fourth-order valence-corrected chi connectivity index (χ4v) is 1.45. The van der Waals surface area contributed by atoms with Crippen LogP contribution in [0, 0.1) is 44.1 Å². The Morgan fingerprint density at radius 1 is 1.32 bits per heavy atom. The van der Waals surface area contributed by atoms with E-state index in [4.69, 9.17) is 33.1 Å². The van der Waals surface area contributed by atoms with Crippen molar-refractivity contribution in [3.05, 3.63) is 44.6 Å². The zero-order valence-electron chi connectivity index (χ0n) is 10.7. The number of nitrogens with two attached hydrogens (primary N) is 1. The van der Waals surface area contributed by atoms with Gasteiger partial charge in [-0.25, -0.2) is 0 Å². The van der Waals surface area contributed by atoms with Gasteiger partial charge < -0.3 is 5.73 Å². The van der Waals surface area contributed by atoms with Gasteiger partial charge in [0.2, 0.25) is 0 Å². The second-order valence-electron chi connectivity index (χ2n) is 3.62. The van der Waals surface area contributed by atoms with E-state index in [1.54, 1.807) is 6.07 Å². The van der Waals surface area contributed by atoms with Gasteiger partial charge in [0.15, 0.2) is 11.3 Å². The zero-order chi connectivity index (χ0) is 16.7. The summed E-state index contributed by atoms with van der Waals surface area (Å²) in [7, 11) is 0. The van der Waals surface area contributed by atoms with Crippen molar-refractivity contribution < 1.29 is 4.92 Å². The molecule has 0 aliphatic carbocycles. The molecule has 0 aliphatic heterocycles. The first kappa shape index (κ1) is 16.4. The molecule has 3 N–H and O–H groups in total. The molecule has 1 aromatic rings. The number of nitrogens with one attached hydrogen (secondary N) is 1. The molecule has 0 saturated carbocycles. The second kappa shape index (κ2) is 7.25. The quantitative estimate of drug-likeness (QED) is 0.370. The molecule has 0 fully saturated rings. The van der Waals surface area contributed by atoms with Crippen molar-refractivity contribution >= 4 is 28.7 Å². The van der Waals surface area contributed by atoms with E-state index in [0.29, 0.717) is 0 Å². The fraction of sp³-hybridized carbons (Fsp3) is 0. The van der Waals surface area contributed by atoms with Crippen LogP contribution in [0.15, 0.2) is 34.6 Å². The van der Waals surface area contributed by atoms with E-state index in [1.165, 1.54) is 24.3 Å². The molecule has 0 radical (unpaired) electrons. The van der Waals surface area contributed by atoms with Gasteiger partial charge in [-0.2, -0.15) is 20.9 Å². The molecular weight excluding hydrogens is 310 g/mol. The van der Waals surface area contributed by atoms with E-state index in [0.717, 1.165) is 6.07 Å². The van der Waals surface area contributed by atoms with Gasteiger partial charge in [-0.3, -0.25) is 15.5 Å². The Kier molecular flexibility index (Phi) is 5.42. The van der Waals surface area contributed by atoms with E-state index >= 15 is 0 Å². The van der Waals surface area contributed by atoms with Crippen LogP contribution in [0.5, 0.6) is 0 Å². The van der Waals surface area contributed by atoms with Gasteiger partial charge in [0.05, 0.1) is 21.3 Å². The van der Waals surface area contributed by atoms with Crippen LogP contribution in [-0.2, 0) is 0 Å². The highest BCUT2D eigenvalue weighted by Crippen LogP contribution is 2.26. The van der Waals surface area contributed by atoms with Crippen molar-refractivity contribution in [1.82, 2.24) is 0 Å². The standard InChI is InChI=1S/C12H6ClN7O2/c13-9-3-8(20(21)22)1-2-10(9)18-19-11(6-16)12(17)7(4-14)5-15/h1-3,18H,17H2/b19-11-. The Bertz CT molecular complexity index is 792. The molecule has 0 atom stereocenters. The lowest BCUT2D eigenvalue weighted by Crippen LogP contribution is -2.14. The lowest BCUT2D eigenvalue weighted by Gasteiger charge is -2.04. The number of allylic oxidation sites excluding steroid dienone is 2. The molecule has 1 aromatic carbocycles. The van der Waals surface area contributed by atoms with Crippen LogP contribution in [0.2, 0.25) is 5.02 Å². The lowest BCUT2D eigenvalue weighted by molar-refractivity contribution is -0.384. The predicted molar refractivity (Wildman–Crippen MR) is 77.2 cm³/mol. The van der Waals surface area contributed by atoms with Crippen molar-refractivity contribution in [2.75, 3.05) is 5.43 Å². The number of rotatable bonds is 4. The Labute approximate surface area is 129 Å². The number of benzene rings is 1. The number of nitro groups is 1. The molecule has 0 aliphatic rings. The Balaban J connectivity index is 3.13. The average Bonchev–Trinajstić information content (AvgIpc) is 2.50. The number of anilines is 1. The summed E-state index contributed by atoms with van der Waals surface area (Å²) in [5.74, 6) is 0. The second-order valence-corrected chi connectivity index (χ2v) is 4.02. The van der Waals surface area contributed by atoms with E-state index in [2.05, 4.69) is 10.5 Å². The molecule has 0 unspecified atom stereocenters. The highest BCUT2D eigenvalue weighted by atomic mass is 35.5. The molecule has 0 spiro atoms. The molecule has 0 amide bonds. The minimum absolute atomic E-state index is 0.00131. The predicted octanol–water partition coefficient (Wildman–Crippen LogP) is 1.80. The smallest absolute Gasteiger partial charge is 0.271 e. The third-order valence-corrected chi connectivity index (χ3v) is 2.62. The van der Waals surface area contributed by atoms with Crippen LogP contribution in [0.3, 0.4) is 0 Å². The van der Waals surface area contributed by atoms with Crippen LogP contribution in [0.1, 0.15) is 0 Å². The summed E-state index contributed by atoms with van der Waals surface area (Å²) in [6.45, 7) is 0. The van der Waals surface area contributed by atoms with Gasteiger partial charge >= 0.3 is 0 Å². The summed E-state index contributed by atoms with van der Waals surface area (Å²) in [6, 6.07) is 8.25. The molecular formula is C12H6ClN7O2. The molecule has 0 saturated heterocycles. The molecule has 0 aromatic heterocycles. The Morgan fingerprint density at radius 3 is 2.41 bits per heavy atom. The maximum Gasteiger partial charge on any atom is 0.271 e. The number of nitro benzene ring substituents is 1. The summed E-state index contributed by atoms with van der Waals surface area (Å²) >= 11 is 5.83. The Hall–Kier alpha value is -3.61. The first-order valence-electron chi connectivity index (χ1n) is 5.42. The Morgan fingerprint density at radius 2 is 1.95 bits per heavy atom. The molecule has 0 bridgehead atoms. The van der Waals surface area contributed by atoms with Gasteiger partial charge in [0.25, 0.3) is 5.69 Å². The number of nitriles is 3. The topological polar surface area (TPSA) is 165 Å². The van der Waals surface area contributed by atoms with Crippen LogP contribution in [0.4, 0.5) is 11.4 Å². The summed E-state index contributed by atoms with van der Waals surface area (Å²) in [4.78, 5) is 9.96. The van der Waals surface area contributed by atoms with Gasteiger partial charge in [0.1, 0.15) is 18.2 Å². The molecule has 108 valence electrons. The van der Waals surface area contributed by atoms with Crippen LogP contribution >= 0.6 is 11.6 Å². The SMILES string of the molecule is N#CC(C#N)=C(N)/C(C#N)=N\Nc1ccc([N+](=O)[O-])cc1Cl. The van der Waals surface area contributed by atoms with Crippen molar-refractivity contribution in [2.24, 2.45) is 10.8 Å². The fourth-order valence-electron chi connectivity index (χ4n) is 1.23. The number of hydrogen-bond acceptors (Lipinski definition) is 8. The van der Waals surface area contributed by atoms with Crippen molar-refractivity contribution in [1.29, 1.82) is 15.8 Å². The maximum atomic E-state index is 10.6. The van der Waals surface area contributed by atoms with E-state index in [-0.39, 0.29) is 16.4 Å². The third kappa shape index (κ3) is 3.70. The normalized spacial score (nSPS) is 9.82. The van der Waals surface area contributed by atoms with Gasteiger partial charge in [-0.05, 0) is 6.07 Å². The zero-order valence-corrected chi connectivity index (χ0v) is 11.5. The lowest BCUT2D eigenvalue weighted by atomic mass is 10.2. The van der Waals surface area contributed by atoms with Crippen LogP contribution in [-0.4, -0.2) is 10.6 Å². The molecule has 1 rings (SSSR count). The van der Waals surface area contributed by atoms with Crippen LogP contribution < -0.4 is 11.2 Å². The van der Waals surface area contributed by atoms with E-state index in [1.807, 2.05) is 0 Å². The molecule has 10 heteroatoms. The number of halogens is 1. The number of nitrogens with zero attached hydrogens (tertiary/aromatic N) is 5. The first-order valence-corrected chi connectivity index (χ1v) is 5.80. The van der Waals surface area contributed by atoms with Gasteiger partial charge in [0, 0.05) is 12.1 Å². The summed E-state index contributed by atoms with van der Waals surface area (Å²) in [5, 5.41) is 40.5. The van der Waals surface area contributed by atoms with Gasteiger partial charge in [-0.1, -0.05) is 11.6 Å². The number of non-ortho nitro benzene ring substituents is 1. The van der Waals surface area contributed by atoms with E-state index in [9.17, 15) is 10.1 Å². The van der Waals surface area contributed by atoms with Crippen LogP contribution in [0.25, 0.3) is 0 Å². The molecule has 22 heavy (non-hydrogen) atoms. The maximum absolute atomic E-state index is 10.6. The highest BCUT2D eigenvalue weighted by Gasteiger charge is 2.11. The van der Waals surface area contributed by atoms with Crippen molar-refractivity contribution in [2.45, 2.75) is 0 Å².